The summed E-state index contributed by atoms with van der Waals surface area (Å²) in [5, 5.41) is 0. The summed E-state index contributed by atoms with van der Waals surface area (Å²) < 4.78 is 24.9. The van der Waals surface area contributed by atoms with Crippen molar-refractivity contribution < 1.29 is 8.42 Å². The number of likely N-dealkylation sites (tertiary alicyclic amines) is 1. The molecule has 0 saturated carbocycles. The Morgan fingerprint density at radius 3 is 2.52 bits per heavy atom. The number of nitrogens with two attached hydrogens (primary N) is 1. The Kier molecular flexibility index (Phi) is 5.41. The molecule has 0 spiro atoms. The van der Waals surface area contributed by atoms with Gasteiger partial charge in [-0.15, -0.1) is 0 Å². The van der Waals surface area contributed by atoms with Gasteiger partial charge in [0.1, 0.15) is 0 Å². The van der Waals surface area contributed by atoms with Gasteiger partial charge in [-0.25, -0.2) is 8.42 Å². The first kappa shape index (κ1) is 16.5. The van der Waals surface area contributed by atoms with E-state index in [1.165, 1.54) is 6.42 Å². The van der Waals surface area contributed by atoms with Crippen molar-refractivity contribution in [3.05, 3.63) is 29.8 Å². The van der Waals surface area contributed by atoms with Gasteiger partial charge in [0, 0.05) is 26.2 Å². The van der Waals surface area contributed by atoms with Crippen LogP contribution in [-0.2, 0) is 16.4 Å². The van der Waals surface area contributed by atoms with Crippen LogP contribution in [0.25, 0.3) is 0 Å². The summed E-state index contributed by atoms with van der Waals surface area (Å²) >= 11 is 0. The number of hydrogen-bond donors (Lipinski definition) is 1. The summed E-state index contributed by atoms with van der Waals surface area (Å²) in [5.41, 5.74) is 6.44. The van der Waals surface area contributed by atoms with Crippen molar-refractivity contribution >= 4 is 9.84 Å². The Morgan fingerprint density at radius 2 is 1.90 bits per heavy atom. The Hall–Kier alpha value is -0.910. The van der Waals surface area contributed by atoms with E-state index in [-0.39, 0.29) is 5.75 Å². The first-order chi connectivity index (χ1) is 9.90. The van der Waals surface area contributed by atoms with Gasteiger partial charge in [0.2, 0.25) is 0 Å². The second-order valence-electron chi connectivity index (χ2n) is 6.38. The molecule has 1 fully saturated rings. The van der Waals surface area contributed by atoms with Crippen LogP contribution in [0.3, 0.4) is 0 Å². The molecular formula is C16H26N2O2S. The average Bonchev–Trinajstić information content (AvgIpc) is 2.44. The number of nitrogens with zero attached hydrogens (tertiary/aromatic N) is 1. The molecule has 2 rings (SSSR count). The zero-order chi connectivity index (χ0) is 15.5. The largest absolute Gasteiger partial charge is 0.326 e. The van der Waals surface area contributed by atoms with Gasteiger partial charge in [0.05, 0.1) is 10.6 Å². The van der Waals surface area contributed by atoms with Crippen LogP contribution in [0.5, 0.6) is 0 Å². The van der Waals surface area contributed by atoms with Crippen molar-refractivity contribution in [3.63, 3.8) is 0 Å². The molecule has 21 heavy (non-hydrogen) atoms. The normalized spacial score (nSPS) is 24.1. The molecule has 2 N–H and O–H groups in total. The number of hydrogen-bond acceptors (Lipinski definition) is 4. The molecule has 1 aliphatic rings. The summed E-state index contributed by atoms with van der Waals surface area (Å²) in [6, 6.07) is 6.97. The molecular weight excluding hydrogens is 284 g/mol. The highest BCUT2D eigenvalue weighted by atomic mass is 32.2. The lowest BCUT2D eigenvalue weighted by Crippen LogP contribution is -2.41. The van der Waals surface area contributed by atoms with Crippen LogP contribution < -0.4 is 5.73 Å². The Morgan fingerprint density at radius 1 is 1.24 bits per heavy atom. The first-order valence-corrected chi connectivity index (χ1v) is 9.30. The molecule has 1 aromatic carbocycles. The molecule has 118 valence electrons. The van der Waals surface area contributed by atoms with Gasteiger partial charge >= 0.3 is 0 Å². The molecule has 1 aromatic rings. The molecule has 1 saturated heterocycles. The minimum atomic E-state index is -3.22. The number of rotatable bonds is 5. The Balaban J connectivity index is 2.00. The quantitative estimate of drug-likeness (QED) is 0.902. The summed E-state index contributed by atoms with van der Waals surface area (Å²) in [6.45, 7) is 7.46. The van der Waals surface area contributed by atoms with Crippen LogP contribution in [0.2, 0.25) is 0 Å². The lowest BCUT2D eigenvalue weighted by Gasteiger charge is -2.34. The van der Waals surface area contributed by atoms with Crippen molar-refractivity contribution in [2.45, 2.75) is 31.7 Å². The second-order valence-corrected chi connectivity index (χ2v) is 8.49. The summed E-state index contributed by atoms with van der Waals surface area (Å²) in [6.07, 6.45) is 1.24. The van der Waals surface area contributed by atoms with Gasteiger partial charge in [-0.2, -0.15) is 0 Å². The monoisotopic (exact) mass is 310 g/mol. The molecule has 0 radical (unpaired) electrons. The third-order valence-corrected chi connectivity index (χ3v) is 5.81. The minimum absolute atomic E-state index is 0.181. The maximum atomic E-state index is 12.4. The van der Waals surface area contributed by atoms with Crippen LogP contribution in [0.15, 0.2) is 29.2 Å². The van der Waals surface area contributed by atoms with Crippen LogP contribution in [-0.4, -0.2) is 38.7 Å². The van der Waals surface area contributed by atoms with Crippen LogP contribution in [0.4, 0.5) is 0 Å². The van der Waals surface area contributed by atoms with Crippen molar-refractivity contribution in [2.24, 2.45) is 17.6 Å². The minimum Gasteiger partial charge on any atom is -0.326 e. The topological polar surface area (TPSA) is 63.4 Å². The van der Waals surface area contributed by atoms with Gasteiger partial charge in [-0.05, 0) is 36.0 Å². The maximum Gasteiger partial charge on any atom is 0.179 e. The molecule has 0 bridgehead atoms. The number of sulfone groups is 1. The maximum absolute atomic E-state index is 12.4. The van der Waals surface area contributed by atoms with Gasteiger partial charge in [0.15, 0.2) is 9.84 Å². The highest BCUT2D eigenvalue weighted by Gasteiger charge is 2.23. The summed E-state index contributed by atoms with van der Waals surface area (Å²) in [7, 11) is -3.22. The standard InChI is InChI=1S/C16H26N2O2S/c1-13-8-14(2)12-18(11-13)6-7-21(19,20)16-5-3-4-15(9-16)10-17/h3-5,9,13-14H,6-8,10-12,17H2,1-2H3. The summed E-state index contributed by atoms with van der Waals surface area (Å²) in [5.74, 6) is 1.48. The molecule has 4 nitrogen and oxygen atoms in total. The van der Waals surface area contributed by atoms with Crippen LogP contribution >= 0.6 is 0 Å². The highest BCUT2D eigenvalue weighted by molar-refractivity contribution is 7.91. The first-order valence-electron chi connectivity index (χ1n) is 7.65. The lowest BCUT2D eigenvalue weighted by molar-refractivity contribution is 0.148. The number of piperidine rings is 1. The van der Waals surface area contributed by atoms with E-state index in [0.717, 1.165) is 18.7 Å². The van der Waals surface area contributed by atoms with E-state index in [0.29, 0.717) is 29.8 Å². The predicted octanol–water partition coefficient (Wildman–Crippen LogP) is 1.90. The number of benzene rings is 1. The second kappa shape index (κ2) is 6.90. The van der Waals surface area contributed by atoms with Gasteiger partial charge in [-0.3, -0.25) is 0 Å². The van der Waals surface area contributed by atoms with Crippen LogP contribution in [0.1, 0.15) is 25.8 Å². The zero-order valence-electron chi connectivity index (χ0n) is 13.0. The molecule has 1 heterocycles. The van der Waals surface area contributed by atoms with E-state index in [2.05, 4.69) is 18.7 Å². The fourth-order valence-electron chi connectivity index (χ4n) is 3.21. The van der Waals surface area contributed by atoms with E-state index in [4.69, 9.17) is 5.73 Å². The van der Waals surface area contributed by atoms with Crippen molar-refractivity contribution in [1.29, 1.82) is 0 Å². The van der Waals surface area contributed by atoms with E-state index in [1.54, 1.807) is 18.2 Å². The third kappa shape index (κ3) is 4.53. The highest BCUT2D eigenvalue weighted by Crippen LogP contribution is 2.21. The van der Waals surface area contributed by atoms with Crippen LogP contribution in [0, 0.1) is 11.8 Å². The van der Waals surface area contributed by atoms with Gasteiger partial charge in [0.25, 0.3) is 0 Å². The van der Waals surface area contributed by atoms with Crippen molar-refractivity contribution in [1.82, 2.24) is 4.90 Å². The molecule has 2 atom stereocenters. The Labute approximate surface area is 128 Å². The molecule has 0 amide bonds. The third-order valence-electron chi connectivity index (χ3n) is 4.11. The van der Waals surface area contributed by atoms with Gasteiger partial charge < -0.3 is 10.6 Å². The van der Waals surface area contributed by atoms with Crippen molar-refractivity contribution in [2.75, 3.05) is 25.4 Å². The van der Waals surface area contributed by atoms with E-state index in [1.807, 2.05) is 6.07 Å². The van der Waals surface area contributed by atoms with Crippen molar-refractivity contribution in [3.8, 4) is 0 Å². The fraction of sp³-hybridized carbons (Fsp3) is 0.625. The molecule has 1 aliphatic heterocycles. The molecule has 0 aliphatic carbocycles. The van der Waals surface area contributed by atoms with E-state index < -0.39 is 9.84 Å². The van der Waals surface area contributed by atoms with E-state index >= 15 is 0 Å². The smallest absolute Gasteiger partial charge is 0.179 e. The van der Waals surface area contributed by atoms with Gasteiger partial charge in [-0.1, -0.05) is 26.0 Å². The molecule has 2 unspecified atom stereocenters. The zero-order valence-corrected chi connectivity index (χ0v) is 13.8. The van der Waals surface area contributed by atoms with E-state index in [9.17, 15) is 8.42 Å². The summed E-state index contributed by atoms with van der Waals surface area (Å²) in [4.78, 5) is 2.67. The SMILES string of the molecule is CC1CC(C)CN(CCS(=O)(=O)c2cccc(CN)c2)C1. The fourth-order valence-corrected chi connectivity index (χ4v) is 4.56. The Bertz CT molecular complexity index is 561. The lowest BCUT2D eigenvalue weighted by atomic mass is 9.92. The molecule has 5 heteroatoms. The molecule has 0 aromatic heterocycles. The predicted molar refractivity (Wildman–Crippen MR) is 85.8 cm³/mol. The average molecular weight is 310 g/mol.